The van der Waals surface area contributed by atoms with Gasteiger partial charge in [0.1, 0.15) is 22.9 Å². The lowest BCUT2D eigenvalue weighted by Crippen LogP contribution is -2.41. The number of carbonyl (C=O) groups is 2. The Morgan fingerprint density at radius 1 is 1.09 bits per heavy atom. The third kappa shape index (κ3) is 5.99. The Kier molecular flexibility index (Phi) is 7.57. The van der Waals surface area contributed by atoms with Gasteiger partial charge >= 0.3 is 0 Å². The zero-order valence-electron chi connectivity index (χ0n) is 18.7. The first kappa shape index (κ1) is 23.9. The molecule has 34 heavy (non-hydrogen) atoms. The number of halogens is 2. The summed E-state index contributed by atoms with van der Waals surface area (Å²) >= 11 is 5.64. The summed E-state index contributed by atoms with van der Waals surface area (Å²) in [4.78, 5) is 24.7. The van der Waals surface area contributed by atoms with Crippen LogP contribution in [-0.4, -0.2) is 38.1 Å². The van der Waals surface area contributed by atoms with E-state index in [1.54, 1.807) is 25.3 Å². The molecule has 1 aliphatic carbocycles. The molecule has 0 saturated heterocycles. The summed E-state index contributed by atoms with van der Waals surface area (Å²) in [6.07, 6.45) is 3.39. The number of ether oxygens (including phenoxy) is 2. The smallest absolute Gasteiger partial charge is 0.287 e. The third-order valence-electron chi connectivity index (χ3n) is 5.97. The van der Waals surface area contributed by atoms with Crippen LogP contribution in [-0.2, 0) is 4.79 Å². The van der Waals surface area contributed by atoms with Gasteiger partial charge < -0.3 is 24.5 Å². The fourth-order valence-electron chi connectivity index (χ4n) is 4.08. The summed E-state index contributed by atoms with van der Waals surface area (Å²) in [6.45, 7) is 0.353. The molecule has 4 rings (SSSR count). The number of nitrogens with one attached hydrogen (secondary N) is 2. The first-order valence-corrected chi connectivity index (χ1v) is 11.5. The Labute approximate surface area is 201 Å². The molecule has 3 aromatic rings. The van der Waals surface area contributed by atoms with Crippen LogP contribution in [0.25, 0.3) is 11.0 Å². The van der Waals surface area contributed by atoms with E-state index in [2.05, 4.69) is 10.6 Å². The Morgan fingerprint density at radius 2 is 1.85 bits per heavy atom. The lowest BCUT2D eigenvalue weighted by molar-refractivity contribution is -0.124. The quantitative estimate of drug-likeness (QED) is 0.479. The molecular weight excluding hydrogens is 463 g/mol. The second-order valence-corrected chi connectivity index (χ2v) is 8.78. The molecule has 2 amide bonds. The maximum Gasteiger partial charge on any atom is 0.287 e. The molecule has 0 unspecified atom stereocenters. The van der Waals surface area contributed by atoms with E-state index in [9.17, 15) is 14.0 Å². The van der Waals surface area contributed by atoms with Gasteiger partial charge in [0.2, 0.25) is 0 Å². The Balaban J connectivity index is 1.17. The number of hydrogen-bond donors (Lipinski definition) is 2. The molecule has 0 atom stereocenters. The lowest BCUT2D eigenvalue weighted by Gasteiger charge is -2.29. The zero-order valence-corrected chi connectivity index (χ0v) is 19.5. The minimum atomic E-state index is -0.592. The number of carbonyl (C=O) groups excluding carboxylic acids is 2. The molecule has 1 heterocycles. The third-order valence-corrected chi connectivity index (χ3v) is 6.28. The summed E-state index contributed by atoms with van der Waals surface area (Å²) in [5, 5.41) is 6.72. The van der Waals surface area contributed by atoms with Gasteiger partial charge in [0.25, 0.3) is 11.8 Å². The number of amides is 2. The summed E-state index contributed by atoms with van der Waals surface area (Å²) in [7, 11) is 1.59. The number of hydrogen-bond acceptors (Lipinski definition) is 5. The zero-order chi connectivity index (χ0) is 24.1. The van der Waals surface area contributed by atoms with Crippen molar-refractivity contribution in [2.45, 2.75) is 31.7 Å². The van der Waals surface area contributed by atoms with E-state index in [0.29, 0.717) is 23.8 Å². The molecule has 2 N–H and O–H groups in total. The first-order valence-electron chi connectivity index (χ1n) is 11.1. The lowest BCUT2D eigenvalue weighted by atomic mass is 9.86. The molecule has 9 heteroatoms. The van der Waals surface area contributed by atoms with Gasteiger partial charge in [-0.1, -0.05) is 11.6 Å². The highest BCUT2D eigenvalue weighted by molar-refractivity contribution is 6.30. The summed E-state index contributed by atoms with van der Waals surface area (Å²) < 4.78 is 29.6. The molecule has 0 aliphatic heterocycles. The van der Waals surface area contributed by atoms with Gasteiger partial charge in [-0.3, -0.25) is 9.59 Å². The molecule has 0 bridgehead atoms. The van der Waals surface area contributed by atoms with Gasteiger partial charge in [0, 0.05) is 24.0 Å². The van der Waals surface area contributed by atoms with Gasteiger partial charge in [0.05, 0.1) is 12.1 Å². The Hall–Kier alpha value is -3.26. The molecule has 0 spiro atoms. The fourth-order valence-corrected chi connectivity index (χ4v) is 4.20. The van der Waals surface area contributed by atoms with E-state index in [1.165, 1.54) is 12.1 Å². The number of fused-ring (bicyclic) bond motifs is 1. The average molecular weight is 489 g/mol. The topological polar surface area (TPSA) is 89.8 Å². The van der Waals surface area contributed by atoms with E-state index in [-0.39, 0.29) is 41.0 Å². The highest BCUT2D eigenvalue weighted by Gasteiger charge is 2.23. The van der Waals surface area contributed by atoms with Crippen molar-refractivity contribution in [2.24, 2.45) is 5.92 Å². The molecule has 1 saturated carbocycles. The molecule has 0 radical (unpaired) electrons. The van der Waals surface area contributed by atoms with E-state index in [1.807, 2.05) is 6.07 Å². The van der Waals surface area contributed by atoms with E-state index in [0.717, 1.165) is 37.1 Å². The van der Waals surface area contributed by atoms with Crippen LogP contribution in [0.1, 0.15) is 36.2 Å². The van der Waals surface area contributed by atoms with Gasteiger partial charge in [-0.2, -0.15) is 0 Å². The second kappa shape index (κ2) is 10.8. The normalized spacial score (nSPS) is 17.9. The van der Waals surface area contributed by atoms with Crippen molar-refractivity contribution in [1.29, 1.82) is 0 Å². The maximum atomic E-state index is 13.5. The molecule has 7 nitrogen and oxygen atoms in total. The summed E-state index contributed by atoms with van der Waals surface area (Å²) in [6, 6.07) is 11.2. The SMILES string of the molecule is COc1ccc2oc(C(=O)NC[C@H]3CC[C@H](NC(=O)COc4ccc(Cl)c(F)c4)CC3)cc2c1. The van der Waals surface area contributed by atoms with Crippen LogP contribution in [0.5, 0.6) is 11.5 Å². The maximum absolute atomic E-state index is 13.5. The molecule has 1 aromatic heterocycles. The van der Waals surface area contributed by atoms with Gasteiger partial charge in [-0.05, 0) is 68.0 Å². The summed E-state index contributed by atoms with van der Waals surface area (Å²) in [5.74, 6) is 0.454. The van der Waals surface area contributed by atoms with Crippen LogP contribution in [0.2, 0.25) is 5.02 Å². The van der Waals surface area contributed by atoms with Crippen LogP contribution in [0.3, 0.4) is 0 Å². The van der Waals surface area contributed by atoms with Gasteiger partial charge in [-0.15, -0.1) is 0 Å². The Morgan fingerprint density at radius 3 is 2.59 bits per heavy atom. The van der Waals surface area contributed by atoms with Crippen LogP contribution in [0.4, 0.5) is 4.39 Å². The predicted octanol–water partition coefficient (Wildman–Crippen LogP) is 4.72. The minimum absolute atomic E-state index is 0.00278. The monoisotopic (exact) mass is 488 g/mol. The van der Waals surface area contributed by atoms with E-state index >= 15 is 0 Å². The molecular formula is C25H26ClFN2O5. The van der Waals surface area contributed by atoms with Gasteiger partial charge in [-0.25, -0.2) is 4.39 Å². The van der Waals surface area contributed by atoms with Crippen molar-refractivity contribution in [1.82, 2.24) is 10.6 Å². The second-order valence-electron chi connectivity index (χ2n) is 8.37. The highest BCUT2D eigenvalue weighted by Crippen LogP contribution is 2.26. The molecule has 1 fully saturated rings. The predicted molar refractivity (Wildman–Crippen MR) is 126 cm³/mol. The van der Waals surface area contributed by atoms with Crippen molar-refractivity contribution >= 4 is 34.4 Å². The number of furan rings is 1. The minimum Gasteiger partial charge on any atom is -0.497 e. The molecule has 1 aliphatic rings. The first-order chi connectivity index (χ1) is 16.4. The summed E-state index contributed by atoms with van der Waals surface area (Å²) in [5.41, 5.74) is 0.632. The number of benzene rings is 2. The Bertz CT molecular complexity index is 1170. The highest BCUT2D eigenvalue weighted by atomic mass is 35.5. The average Bonchev–Trinajstić information content (AvgIpc) is 3.27. The van der Waals surface area contributed by atoms with Crippen molar-refractivity contribution in [3.8, 4) is 11.5 Å². The fraction of sp³-hybridized carbons (Fsp3) is 0.360. The number of rotatable bonds is 8. The van der Waals surface area contributed by atoms with Crippen molar-refractivity contribution in [3.63, 3.8) is 0 Å². The standard InChI is InChI=1S/C25H26ClFN2O5/c1-32-18-7-9-22-16(10-18)11-23(34-22)25(31)28-13-15-2-4-17(5-3-15)29-24(30)14-33-19-6-8-20(26)21(27)12-19/h6-12,15,17H,2-5,13-14H2,1H3,(H,28,31)(H,29,30)/t15-,17-. The van der Waals surface area contributed by atoms with Crippen LogP contribution in [0.15, 0.2) is 46.9 Å². The van der Waals surface area contributed by atoms with Crippen molar-refractivity contribution < 1.29 is 27.9 Å². The molecule has 180 valence electrons. The molecule has 2 aromatic carbocycles. The number of methoxy groups -OCH3 is 1. The van der Waals surface area contributed by atoms with Crippen molar-refractivity contribution in [3.05, 3.63) is 59.1 Å². The van der Waals surface area contributed by atoms with Crippen molar-refractivity contribution in [2.75, 3.05) is 20.3 Å². The van der Waals surface area contributed by atoms with E-state index in [4.69, 9.17) is 25.5 Å². The van der Waals surface area contributed by atoms with E-state index < -0.39 is 5.82 Å². The van der Waals surface area contributed by atoms with Crippen LogP contribution >= 0.6 is 11.6 Å². The van der Waals surface area contributed by atoms with Crippen LogP contribution < -0.4 is 20.1 Å². The van der Waals surface area contributed by atoms with Gasteiger partial charge in [0.15, 0.2) is 12.4 Å². The van der Waals surface area contributed by atoms with Crippen LogP contribution in [0, 0.1) is 11.7 Å². The largest absolute Gasteiger partial charge is 0.497 e.